The van der Waals surface area contributed by atoms with Gasteiger partial charge in [-0.25, -0.2) is 9.97 Å². The van der Waals surface area contributed by atoms with Crippen molar-refractivity contribution in [1.82, 2.24) is 9.97 Å². The number of carbonyl (C=O) groups is 1. The number of rotatable bonds is 4. The molecule has 4 aromatic carbocycles. The lowest BCUT2D eigenvalue weighted by molar-refractivity contribution is -0.115. The molecule has 1 aliphatic carbocycles. The van der Waals surface area contributed by atoms with Crippen LogP contribution < -0.4 is 11.1 Å². The molecule has 6 rings (SSSR count). The van der Waals surface area contributed by atoms with Crippen LogP contribution in [0.25, 0.3) is 33.3 Å². The number of amides is 1. The minimum Gasteiger partial charge on any atom is -0.399 e. The Morgan fingerprint density at radius 2 is 1.60 bits per heavy atom. The van der Waals surface area contributed by atoms with E-state index in [2.05, 4.69) is 29.6 Å². The topological polar surface area (TPSA) is 80.9 Å². The number of aromatic nitrogens is 2. The van der Waals surface area contributed by atoms with Crippen molar-refractivity contribution in [2.45, 2.75) is 19.3 Å². The van der Waals surface area contributed by atoms with E-state index in [4.69, 9.17) is 15.7 Å². The summed E-state index contributed by atoms with van der Waals surface area (Å²) in [5.74, 6) is 0.385. The van der Waals surface area contributed by atoms with Crippen molar-refractivity contribution in [2.24, 2.45) is 0 Å². The summed E-state index contributed by atoms with van der Waals surface area (Å²) < 4.78 is 0. The fraction of sp³-hybridized carbons (Fsp3) is 0.100. The van der Waals surface area contributed by atoms with E-state index in [9.17, 15) is 4.79 Å². The van der Waals surface area contributed by atoms with Crippen molar-refractivity contribution in [3.8, 4) is 22.5 Å². The summed E-state index contributed by atoms with van der Waals surface area (Å²) in [6, 6.07) is 30.1. The molecule has 170 valence electrons. The number of nitrogens with two attached hydrogens (primary N) is 1. The monoisotopic (exact) mass is 456 g/mol. The molecule has 0 spiro atoms. The zero-order chi connectivity index (χ0) is 23.8. The summed E-state index contributed by atoms with van der Waals surface area (Å²) in [6.45, 7) is 0. The Kier molecular flexibility index (Phi) is 5.23. The fourth-order valence-corrected chi connectivity index (χ4v) is 4.76. The first-order valence-corrected chi connectivity index (χ1v) is 11.8. The lowest BCUT2D eigenvalue weighted by Crippen LogP contribution is -2.19. The number of hydrogen-bond donors (Lipinski definition) is 2. The van der Waals surface area contributed by atoms with Gasteiger partial charge in [-0.3, -0.25) is 4.79 Å². The van der Waals surface area contributed by atoms with Crippen molar-refractivity contribution in [3.05, 3.63) is 108 Å². The molecule has 0 saturated carbocycles. The summed E-state index contributed by atoms with van der Waals surface area (Å²) in [4.78, 5) is 23.1. The van der Waals surface area contributed by atoms with E-state index in [1.807, 2.05) is 66.7 Å². The van der Waals surface area contributed by atoms with Crippen LogP contribution in [-0.4, -0.2) is 15.9 Å². The Morgan fingerprint density at radius 1 is 0.800 bits per heavy atom. The van der Waals surface area contributed by atoms with Crippen LogP contribution in [-0.2, 0) is 24.1 Å². The highest BCUT2D eigenvalue weighted by Gasteiger charge is 2.23. The van der Waals surface area contributed by atoms with E-state index >= 15 is 0 Å². The molecule has 5 heteroatoms. The van der Waals surface area contributed by atoms with Crippen LogP contribution in [0.3, 0.4) is 0 Å². The predicted octanol–water partition coefficient (Wildman–Crippen LogP) is 5.83. The zero-order valence-corrected chi connectivity index (χ0v) is 19.2. The number of benzene rings is 4. The third kappa shape index (κ3) is 4.13. The van der Waals surface area contributed by atoms with Gasteiger partial charge in [-0.15, -0.1) is 0 Å². The predicted molar refractivity (Wildman–Crippen MR) is 141 cm³/mol. The molecule has 0 saturated heterocycles. The van der Waals surface area contributed by atoms with Crippen LogP contribution in [0.15, 0.2) is 91.0 Å². The van der Waals surface area contributed by atoms with Gasteiger partial charge in [0.2, 0.25) is 5.91 Å². The van der Waals surface area contributed by atoms with Gasteiger partial charge in [0.1, 0.15) is 5.69 Å². The average Bonchev–Trinajstić information content (AvgIpc) is 2.88. The van der Waals surface area contributed by atoms with Crippen LogP contribution in [0.4, 0.5) is 11.5 Å². The molecule has 0 bridgehead atoms. The second kappa shape index (κ2) is 8.69. The molecule has 0 fully saturated rings. The van der Waals surface area contributed by atoms with Crippen molar-refractivity contribution in [2.75, 3.05) is 11.1 Å². The van der Waals surface area contributed by atoms with Crippen molar-refractivity contribution >= 4 is 28.2 Å². The number of fused-ring (bicyclic) bond motifs is 4. The summed E-state index contributed by atoms with van der Waals surface area (Å²) in [7, 11) is 0. The van der Waals surface area contributed by atoms with Crippen LogP contribution in [0, 0.1) is 0 Å². The minimum absolute atomic E-state index is 0.115. The number of nitrogens with zero attached hydrogens (tertiary/aromatic N) is 2. The molecule has 1 aromatic heterocycles. The van der Waals surface area contributed by atoms with E-state index in [0.717, 1.165) is 57.4 Å². The van der Waals surface area contributed by atoms with Crippen LogP contribution in [0.2, 0.25) is 0 Å². The van der Waals surface area contributed by atoms with Gasteiger partial charge >= 0.3 is 0 Å². The standard InChI is InChI=1S/C30H24N4O/c31-24-13-14-25-23(18-24)12-15-26-29(25)34-28(21-7-2-1-3-8-21)30(32-26)33-27(35)17-19-10-11-20-6-4-5-9-22(20)16-19/h1-11,13-14,16,18H,12,15,17,31H2,(H,32,33,35). The first kappa shape index (κ1) is 21.1. The Labute approximate surface area is 203 Å². The molecule has 0 atom stereocenters. The molecule has 0 radical (unpaired) electrons. The van der Waals surface area contributed by atoms with Crippen LogP contribution >= 0.6 is 0 Å². The number of carbonyl (C=O) groups excluding carboxylic acids is 1. The van der Waals surface area contributed by atoms with Crippen molar-refractivity contribution in [1.29, 1.82) is 0 Å². The van der Waals surface area contributed by atoms with Gasteiger partial charge in [-0.05, 0) is 46.9 Å². The van der Waals surface area contributed by atoms with Gasteiger partial charge < -0.3 is 11.1 Å². The first-order valence-electron chi connectivity index (χ1n) is 11.8. The molecule has 35 heavy (non-hydrogen) atoms. The maximum Gasteiger partial charge on any atom is 0.230 e. The van der Waals surface area contributed by atoms with Gasteiger partial charge in [-0.2, -0.15) is 0 Å². The van der Waals surface area contributed by atoms with E-state index in [1.54, 1.807) is 0 Å². The highest BCUT2D eigenvalue weighted by molar-refractivity contribution is 5.96. The number of hydrogen-bond acceptors (Lipinski definition) is 4. The summed E-state index contributed by atoms with van der Waals surface area (Å²) in [6.07, 6.45) is 1.86. The maximum absolute atomic E-state index is 13.1. The molecule has 3 N–H and O–H groups in total. The van der Waals surface area contributed by atoms with Gasteiger partial charge in [0.05, 0.1) is 17.8 Å². The maximum atomic E-state index is 13.1. The minimum atomic E-state index is -0.115. The second-order valence-corrected chi connectivity index (χ2v) is 8.91. The van der Waals surface area contributed by atoms with Gasteiger partial charge in [0.15, 0.2) is 5.82 Å². The quantitative estimate of drug-likeness (QED) is 0.334. The van der Waals surface area contributed by atoms with Crippen LogP contribution in [0.1, 0.15) is 16.8 Å². The SMILES string of the molecule is Nc1ccc2c(c1)CCc1nc(NC(=O)Cc3ccc4ccccc4c3)c(-c3ccccc3)nc1-2. The summed E-state index contributed by atoms with van der Waals surface area (Å²) >= 11 is 0. The molecule has 1 heterocycles. The van der Waals surface area contributed by atoms with Crippen molar-refractivity contribution in [3.63, 3.8) is 0 Å². The van der Waals surface area contributed by atoms with Crippen molar-refractivity contribution < 1.29 is 4.79 Å². The Balaban J connectivity index is 1.37. The lowest BCUT2D eigenvalue weighted by Gasteiger charge is -2.21. The molecular formula is C30H24N4O. The summed E-state index contributed by atoms with van der Waals surface area (Å²) in [5, 5.41) is 5.34. The Hall–Kier alpha value is -4.51. The molecule has 1 aliphatic rings. The number of aryl methyl sites for hydroxylation is 2. The van der Waals surface area contributed by atoms with Gasteiger partial charge in [0, 0.05) is 16.8 Å². The molecule has 0 aliphatic heterocycles. The van der Waals surface area contributed by atoms with E-state index in [-0.39, 0.29) is 12.3 Å². The highest BCUT2D eigenvalue weighted by atomic mass is 16.1. The molecule has 1 amide bonds. The molecule has 0 unspecified atom stereocenters. The normalized spacial score (nSPS) is 12.1. The van der Waals surface area contributed by atoms with E-state index in [0.29, 0.717) is 11.5 Å². The van der Waals surface area contributed by atoms with E-state index < -0.39 is 0 Å². The van der Waals surface area contributed by atoms with E-state index in [1.165, 1.54) is 5.56 Å². The lowest BCUT2D eigenvalue weighted by atomic mass is 9.91. The Bertz CT molecular complexity index is 1580. The largest absolute Gasteiger partial charge is 0.399 e. The van der Waals surface area contributed by atoms with Crippen LogP contribution in [0.5, 0.6) is 0 Å². The average molecular weight is 457 g/mol. The Morgan fingerprint density at radius 3 is 2.46 bits per heavy atom. The summed E-state index contributed by atoms with van der Waals surface area (Å²) in [5.41, 5.74) is 13.3. The third-order valence-corrected chi connectivity index (χ3v) is 6.47. The number of nitrogens with one attached hydrogen (secondary N) is 1. The highest BCUT2D eigenvalue weighted by Crippen LogP contribution is 2.36. The zero-order valence-electron chi connectivity index (χ0n) is 19.2. The second-order valence-electron chi connectivity index (χ2n) is 8.91. The van der Waals surface area contributed by atoms with Gasteiger partial charge in [0.25, 0.3) is 0 Å². The fourth-order valence-electron chi connectivity index (χ4n) is 4.76. The number of nitrogen functional groups attached to an aromatic ring is 1. The molecule has 5 nitrogen and oxygen atoms in total. The molecular weight excluding hydrogens is 432 g/mol. The van der Waals surface area contributed by atoms with Gasteiger partial charge in [-0.1, -0.05) is 78.9 Å². The smallest absolute Gasteiger partial charge is 0.230 e. The third-order valence-electron chi connectivity index (χ3n) is 6.47. The number of anilines is 2. The first-order chi connectivity index (χ1) is 17.1. The molecule has 5 aromatic rings.